The van der Waals surface area contributed by atoms with Crippen molar-refractivity contribution >= 4 is 17.5 Å². The van der Waals surface area contributed by atoms with Crippen molar-refractivity contribution < 1.29 is 9.18 Å². The van der Waals surface area contributed by atoms with Crippen LogP contribution in [-0.2, 0) is 0 Å². The van der Waals surface area contributed by atoms with E-state index in [0.717, 1.165) is 5.56 Å². The minimum Gasteiger partial charge on any atom is -0.335 e. The topological polar surface area (TPSA) is 20.3 Å². The Balaban J connectivity index is 2.22. The first-order valence-corrected chi connectivity index (χ1v) is 6.65. The number of carbonyl (C=O) groups is 1. The summed E-state index contributed by atoms with van der Waals surface area (Å²) in [6, 6.07) is 13.1. The lowest BCUT2D eigenvalue weighted by atomic mass is 10.1. The van der Waals surface area contributed by atoms with Crippen LogP contribution in [0.3, 0.4) is 0 Å². The Morgan fingerprint density at radius 1 is 1.15 bits per heavy atom. The summed E-state index contributed by atoms with van der Waals surface area (Å²) < 4.78 is 13.7. The molecule has 0 heterocycles. The molecule has 0 saturated heterocycles. The third-order valence-electron chi connectivity index (χ3n) is 3.36. The van der Waals surface area contributed by atoms with Crippen LogP contribution < -0.4 is 0 Å². The van der Waals surface area contributed by atoms with Crippen LogP contribution in [0.15, 0.2) is 48.5 Å². The molecular weight excluding hydrogens is 277 g/mol. The monoisotopic (exact) mass is 291 g/mol. The molecule has 104 valence electrons. The maximum atomic E-state index is 13.7. The molecule has 0 radical (unpaired) electrons. The first-order valence-electron chi connectivity index (χ1n) is 6.28. The molecule has 0 bridgehead atoms. The van der Waals surface area contributed by atoms with E-state index in [1.807, 2.05) is 19.1 Å². The summed E-state index contributed by atoms with van der Waals surface area (Å²) in [5.74, 6) is -0.849. The fourth-order valence-electron chi connectivity index (χ4n) is 1.97. The highest BCUT2D eigenvalue weighted by Crippen LogP contribution is 2.23. The average Bonchev–Trinajstić information content (AvgIpc) is 2.46. The van der Waals surface area contributed by atoms with E-state index in [1.54, 1.807) is 31.3 Å². The van der Waals surface area contributed by atoms with Crippen LogP contribution in [-0.4, -0.2) is 17.9 Å². The number of benzene rings is 2. The van der Waals surface area contributed by atoms with Crippen LogP contribution in [0.5, 0.6) is 0 Å². The normalized spacial score (nSPS) is 12.0. The van der Waals surface area contributed by atoms with Gasteiger partial charge in [0.2, 0.25) is 0 Å². The Kier molecular flexibility index (Phi) is 4.40. The van der Waals surface area contributed by atoms with Crippen LogP contribution in [0.4, 0.5) is 4.39 Å². The predicted molar refractivity (Wildman–Crippen MR) is 78.4 cm³/mol. The van der Waals surface area contributed by atoms with Gasteiger partial charge in [-0.1, -0.05) is 35.9 Å². The van der Waals surface area contributed by atoms with Gasteiger partial charge >= 0.3 is 0 Å². The summed E-state index contributed by atoms with van der Waals surface area (Å²) >= 11 is 5.85. The van der Waals surface area contributed by atoms with E-state index in [2.05, 4.69) is 0 Å². The molecule has 1 unspecified atom stereocenters. The number of rotatable bonds is 3. The predicted octanol–water partition coefficient (Wildman–Crippen LogP) is 4.31. The van der Waals surface area contributed by atoms with Crippen molar-refractivity contribution in [1.82, 2.24) is 4.90 Å². The summed E-state index contributed by atoms with van der Waals surface area (Å²) in [5, 5.41) is 0.643. The van der Waals surface area contributed by atoms with E-state index in [-0.39, 0.29) is 17.5 Å². The van der Waals surface area contributed by atoms with E-state index in [9.17, 15) is 9.18 Å². The minimum absolute atomic E-state index is 0.0795. The molecule has 0 saturated carbocycles. The molecule has 1 atom stereocenters. The number of amides is 1. The molecular formula is C16H15ClFNO. The number of hydrogen-bond acceptors (Lipinski definition) is 1. The van der Waals surface area contributed by atoms with Crippen molar-refractivity contribution in [2.45, 2.75) is 13.0 Å². The molecule has 0 spiro atoms. The van der Waals surface area contributed by atoms with Crippen molar-refractivity contribution in [2.24, 2.45) is 0 Å². The zero-order valence-electron chi connectivity index (χ0n) is 11.3. The Hall–Kier alpha value is -1.87. The van der Waals surface area contributed by atoms with E-state index in [1.165, 1.54) is 17.0 Å². The molecule has 0 aliphatic carbocycles. The first-order chi connectivity index (χ1) is 9.50. The van der Waals surface area contributed by atoms with Crippen molar-refractivity contribution in [3.05, 3.63) is 70.5 Å². The molecule has 2 nitrogen and oxygen atoms in total. The van der Waals surface area contributed by atoms with E-state index < -0.39 is 5.82 Å². The summed E-state index contributed by atoms with van der Waals surface area (Å²) in [4.78, 5) is 13.8. The number of nitrogens with zero attached hydrogens (tertiary/aromatic N) is 1. The molecule has 0 aliphatic rings. The molecule has 2 aromatic rings. The quantitative estimate of drug-likeness (QED) is 0.825. The molecule has 1 amide bonds. The maximum absolute atomic E-state index is 13.7. The molecule has 2 rings (SSSR count). The zero-order chi connectivity index (χ0) is 14.7. The van der Waals surface area contributed by atoms with Gasteiger partial charge in [0, 0.05) is 12.1 Å². The standard InChI is InChI=1S/C16H15ClFNO/c1-11(12-7-9-13(17)10-8-12)19(2)16(20)14-5-3-4-6-15(14)18/h3-11H,1-2H3. The maximum Gasteiger partial charge on any atom is 0.257 e. The molecule has 0 fully saturated rings. The van der Waals surface area contributed by atoms with Crippen molar-refractivity contribution in [2.75, 3.05) is 7.05 Å². The fourth-order valence-corrected chi connectivity index (χ4v) is 2.09. The van der Waals surface area contributed by atoms with Gasteiger partial charge in [0.25, 0.3) is 5.91 Å². The smallest absolute Gasteiger partial charge is 0.257 e. The van der Waals surface area contributed by atoms with E-state index >= 15 is 0 Å². The lowest BCUT2D eigenvalue weighted by Crippen LogP contribution is -2.30. The number of hydrogen-bond donors (Lipinski definition) is 0. The van der Waals surface area contributed by atoms with Gasteiger partial charge in [0.15, 0.2) is 0 Å². The number of carbonyl (C=O) groups excluding carboxylic acids is 1. The molecule has 0 aliphatic heterocycles. The van der Waals surface area contributed by atoms with E-state index in [0.29, 0.717) is 5.02 Å². The molecule has 0 N–H and O–H groups in total. The van der Waals surface area contributed by atoms with Gasteiger partial charge in [0.05, 0.1) is 11.6 Å². The van der Waals surface area contributed by atoms with Crippen LogP contribution in [0.25, 0.3) is 0 Å². The fraction of sp³-hybridized carbons (Fsp3) is 0.188. The van der Waals surface area contributed by atoms with Crippen LogP contribution in [0.1, 0.15) is 28.9 Å². The highest BCUT2D eigenvalue weighted by molar-refractivity contribution is 6.30. The Bertz CT molecular complexity index is 612. The Morgan fingerprint density at radius 3 is 2.35 bits per heavy atom. The Morgan fingerprint density at radius 2 is 1.75 bits per heavy atom. The van der Waals surface area contributed by atoms with Crippen LogP contribution in [0.2, 0.25) is 5.02 Å². The van der Waals surface area contributed by atoms with E-state index in [4.69, 9.17) is 11.6 Å². The average molecular weight is 292 g/mol. The third kappa shape index (κ3) is 2.99. The van der Waals surface area contributed by atoms with Gasteiger partial charge in [0.1, 0.15) is 5.82 Å². The lowest BCUT2D eigenvalue weighted by Gasteiger charge is -2.25. The summed E-state index contributed by atoms with van der Waals surface area (Å²) in [5.41, 5.74) is 1.03. The number of halogens is 2. The second-order valence-corrected chi connectivity index (χ2v) is 5.06. The van der Waals surface area contributed by atoms with Gasteiger partial charge in [-0.3, -0.25) is 4.79 Å². The van der Waals surface area contributed by atoms with Gasteiger partial charge in [-0.05, 0) is 36.8 Å². The lowest BCUT2D eigenvalue weighted by molar-refractivity contribution is 0.0738. The molecule has 2 aromatic carbocycles. The third-order valence-corrected chi connectivity index (χ3v) is 3.61. The van der Waals surface area contributed by atoms with Crippen molar-refractivity contribution in [3.8, 4) is 0 Å². The van der Waals surface area contributed by atoms with Crippen molar-refractivity contribution in [3.63, 3.8) is 0 Å². The highest BCUT2D eigenvalue weighted by atomic mass is 35.5. The molecule has 4 heteroatoms. The summed E-state index contributed by atoms with van der Waals surface area (Å²) in [6.45, 7) is 1.89. The zero-order valence-corrected chi connectivity index (χ0v) is 12.1. The van der Waals surface area contributed by atoms with Crippen LogP contribution >= 0.6 is 11.6 Å². The minimum atomic E-state index is -0.507. The highest BCUT2D eigenvalue weighted by Gasteiger charge is 2.21. The first kappa shape index (κ1) is 14.5. The van der Waals surface area contributed by atoms with Gasteiger partial charge in [-0.2, -0.15) is 0 Å². The molecule has 0 aromatic heterocycles. The second kappa shape index (κ2) is 6.06. The van der Waals surface area contributed by atoms with Gasteiger partial charge in [-0.15, -0.1) is 0 Å². The summed E-state index contributed by atoms with van der Waals surface area (Å²) in [6.07, 6.45) is 0. The van der Waals surface area contributed by atoms with Crippen LogP contribution in [0, 0.1) is 5.82 Å². The Labute approximate surface area is 122 Å². The van der Waals surface area contributed by atoms with Crippen molar-refractivity contribution in [1.29, 1.82) is 0 Å². The van der Waals surface area contributed by atoms with Gasteiger partial charge in [-0.25, -0.2) is 4.39 Å². The summed E-state index contributed by atoms with van der Waals surface area (Å²) in [7, 11) is 1.66. The largest absolute Gasteiger partial charge is 0.335 e. The van der Waals surface area contributed by atoms with Gasteiger partial charge < -0.3 is 4.90 Å². The molecule has 20 heavy (non-hydrogen) atoms. The SMILES string of the molecule is CC(c1ccc(Cl)cc1)N(C)C(=O)c1ccccc1F. The second-order valence-electron chi connectivity index (χ2n) is 4.62.